The smallest absolute Gasteiger partial charge is 0.150 e. The molecule has 0 amide bonds. The number of ether oxygens (including phenoxy) is 1. The summed E-state index contributed by atoms with van der Waals surface area (Å²) in [5.41, 5.74) is 10.7. The number of hydrogen-bond donors (Lipinski definition) is 1. The predicted molar refractivity (Wildman–Crippen MR) is 70.6 cm³/mol. The van der Waals surface area contributed by atoms with E-state index in [1.807, 2.05) is 26.0 Å². The molecular weight excluding hydrogens is 226 g/mol. The summed E-state index contributed by atoms with van der Waals surface area (Å²) in [7, 11) is 0. The largest absolute Gasteiger partial charge is 0.493 e. The Bertz CT molecular complexity index is 623. The number of nitrogen functional groups attached to an aromatic ring is 1. The summed E-state index contributed by atoms with van der Waals surface area (Å²) in [6.07, 6.45) is 0.946. The third-order valence-corrected chi connectivity index (χ3v) is 3.30. The van der Waals surface area contributed by atoms with Crippen LogP contribution in [-0.4, -0.2) is 16.6 Å². The molecule has 0 radical (unpaired) electrons. The molecule has 18 heavy (non-hydrogen) atoms. The Morgan fingerprint density at radius 2 is 1.94 bits per heavy atom. The fraction of sp³-hybridized carbons (Fsp3) is 0.286. The Morgan fingerprint density at radius 3 is 2.78 bits per heavy atom. The van der Waals surface area contributed by atoms with Crippen molar-refractivity contribution in [3.8, 4) is 17.0 Å². The van der Waals surface area contributed by atoms with Crippen LogP contribution in [-0.2, 0) is 6.42 Å². The Hall–Kier alpha value is -2.10. The first-order valence-electron chi connectivity index (χ1n) is 6.02. The minimum absolute atomic E-state index is 0.483. The van der Waals surface area contributed by atoms with E-state index in [4.69, 9.17) is 10.5 Å². The van der Waals surface area contributed by atoms with Crippen molar-refractivity contribution in [2.75, 3.05) is 12.3 Å². The van der Waals surface area contributed by atoms with Gasteiger partial charge in [-0.2, -0.15) is 0 Å². The minimum atomic E-state index is 0.483. The van der Waals surface area contributed by atoms with Crippen molar-refractivity contribution in [3.05, 3.63) is 35.2 Å². The standard InChI is InChI=1S/C14H15N3O/c1-8-9(2)17-14(15)13(16-8)11-3-4-12-10(7-11)5-6-18-12/h3-4,7H,5-6H2,1-2H3,(H2,15,17). The monoisotopic (exact) mass is 241 g/mol. The van der Waals surface area contributed by atoms with Gasteiger partial charge >= 0.3 is 0 Å². The third-order valence-electron chi connectivity index (χ3n) is 3.30. The molecule has 0 saturated carbocycles. The van der Waals surface area contributed by atoms with Crippen LogP contribution in [0.2, 0.25) is 0 Å². The van der Waals surface area contributed by atoms with E-state index >= 15 is 0 Å². The van der Waals surface area contributed by atoms with Crippen molar-refractivity contribution in [3.63, 3.8) is 0 Å². The zero-order valence-electron chi connectivity index (χ0n) is 10.5. The molecule has 0 saturated heterocycles. The Kier molecular flexibility index (Phi) is 2.44. The lowest BCUT2D eigenvalue weighted by Gasteiger charge is -2.08. The molecule has 1 aromatic carbocycles. The van der Waals surface area contributed by atoms with E-state index in [1.54, 1.807) is 0 Å². The van der Waals surface area contributed by atoms with Gasteiger partial charge in [0.25, 0.3) is 0 Å². The first kappa shape index (κ1) is 11.0. The average molecular weight is 241 g/mol. The summed E-state index contributed by atoms with van der Waals surface area (Å²) < 4.78 is 5.50. The molecule has 3 rings (SSSR count). The predicted octanol–water partition coefficient (Wildman–Crippen LogP) is 2.28. The zero-order valence-corrected chi connectivity index (χ0v) is 10.5. The number of nitrogens with two attached hydrogens (primary N) is 1. The molecule has 1 aliphatic heterocycles. The summed E-state index contributed by atoms with van der Waals surface area (Å²) in [5, 5.41) is 0. The highest BCUT2D eigenvalue weighted by molar-refractivity contribution is 5.71. The lowest BCUT2D eigenvalue weighted by molar-refractivity contribution is 0.357. The summed E-state index contributed by atoms with van der Waals surface area (Å²) in [5.74, 6) is 1.45. The van der Waals surface area contributed by atoms with Crippen LogP contribution >= 0.6 is 0 Å². The number of aromatic nitrogens is 2. The van der Waals surface area contributed by atoms with Crippen LogP contribution in [0, 0.1) is 13.8 Å². The molecule has 4 nitrogen and oxygen atoms in total. The molecule has 1 aromatic heterocycles. The van der Waals surface area contributed by atoms with Gasteiger partial charge in [0.05, 0.1) is 18.0 Å². The lowest BCUT2D eigenvalue weighted by Crippen LogP contribution is -2.02. The first-order chi connectivity index (χ1) is 8.65. The van der Waals surface area contributed by atoms with Crippen LogP contribution in [0.25, 0.3) is 11.3 Å². The number of benzene rings is 1. The van der Waals surface area contributed by atoms with Crippen LogP contribution < -0.4 is 10.5 Å². The van der Waals surface area contributed by atoms with Crippen LogP contribution in [0.15, 0.2) is 18.2 Å². The van der Waals surface area contributed by atoms with Crippen molar-refractivity contribution in [1.29, 1.82) is 0 Å². The molecular formula is C14H15N3O. The summed E-state index contributed by atoms with van der Waals surface area (Å²) in [4.78, 5) is 8.87. The lowest BCUT2D eigenvalue weighted by atomic mass is 10.1. The van der Waals surface area contributed by atoms with Crippen LogP contribution in [0.3, 0.4) is 0 Å². The van der Waals surface area contributed by atoms with E-state index in [2.05, 4.69) is 16.0 Å². The molecule has 92 valence electrons. The van der Waals surface area contributed by atoms with Gasteiger partial charge in [0, 0.05) is 12.0 Å². The highest BCUT2D eigenvalue weighted by atomic mass is 16.5. The molecule has 0 bridgehead atoms. The van der Waals surface area contributed by atoms with Crippen LogP contribution in [0.1, 0.15) is 17.0 Å². The summed E-state index contributed by atoms with van der Waals surface area (Å²) in [6, 6.07) is 6.06. The van der Waals surface area contributed by atoms with Gasteiger partial charge in [-0.3, -0.25) is 0 Å². The van der Waals surface area contributed by atoms with E-state index in [0.29, 0.717) is 5.82 Å². The van der Waals surface area contributed by atoms with Crippen molar-refractivity contribution in [2.24, 2.45) is 0 Å². The van der Waals surface area contributed by atoms with E-state index in [-0.39, 0.29) is 0 Å². The van der Waals surface area contributed by atoms with E-state index in [9.17, 15) is 0 Å². The topological polar surface area (TPSA) is 61.0 Å². The van der Waals surface area contributed by atoms with Gasteiger partial charge in [-0.15, -0.1) is 0 Å². The molecule has 0 atom stereocenters. The highest BCUT2D eigenvalue weighted by Gasteiger charge is 2.15. The maximum Gasteiger partial charge on any atom is 0.150 e. The van der Waals surface area contributed by atoms with Gasteiger partial charge in [-0.25, -0.2) is 9.97 Å². The van der Waals surface area contributed by atoms with Gasteiger partial charge < -0.3 is 10.5 Å². The number of anilines is 1. The SMILES string of the molecule is Cc1nc(N)c(-c2ccc3c(c2)CCO3)nc1C. The second kappa shape index (κ2) is 3.98. The molecule has 0 spiro atoms. The van der Waals surface area contributed by atoms with Crippen molar-refractivity contribution < 1.29 is 4.74 Å². The fourth-order valence-electron chi connectivity index (χ4n) is 2.17. The van der Waals surface area contributed by atoms with Crippen LogP contribution in [0.5, 0.6) is 5.75 Å². The van der Waals surface area contributed by atoms with Gasteiger partial charge in [0.15, 0.2) is 0 Å². The molecule has 4 heteroatoms. The number of nitrogens with zero attached hydrogens (tertiary/aromatic N) is 2. The molecule has 0 unspecified atom stereocenters. The quantitative estimate of drug-likeness (QED) is 0.832. The summed E-state index contributed by atoms with van der Waals surface area (Å²) >= 11 is 0. The normalized spacial score (nSPS) is 13.2. The van der Waals surface area contributed by atoms with Gasteiger partial charge in [-0.1, -0.05) is 0 Å². The summed E-state index contributed by atoms with van der Waals surface area (Å²) in [6.45, 7) is 4.62. The number of hydrogen-bond acceptors (Lipinski definition) is 4. The average Bonchev–Trinajstić information content (AvgIpc) is 2.80. The van der Waals surface area contributed by atoms with E-state index in [1.165, 1.54) is 5.56 Å². The molecule has 2 heterocycles. The number of aryl methyl sites for hydroxylation is 2. The second-order valence-corrected chi connectivity index (χ2v) is 4.55. The Balaban J connectivity index is 2.12. The minimum Gasteiger partial charge on any atom is -0.493 e. The van der Waals surface area contributed by atoms with E-state index < -0.39 is 0 Å². The maximum absolute atomic E-state index is 5.96. The number of rotatable bonds is 1. The van der Waals surface area contributed by atoms with Gasteiger partial charge in [-0.05, 0) is 37.6 Å². The van der Waals surface area contributed by atoms with E-state index in [0.717, 1.165) is 41.4 Å². The van der Waals surface area contributed by atoms with Gasteiger partial charge in [0.2, 0.25) is 0 Å². The first-order valence-corrected chi connectivity index (χ1v) is 6.02. The maximum atomic E-state index is 5.96. The Labute approximate surface area is 106 Å². The van der Waals surface area contributed by atoms with Crippen LogP contribution in [0.4, 0.5) is 5.82 Å². The molecule has 0 fully saturated rings. The second-order valence-electron chi connectivity index (χ2n) is 4.55. The molecule has 2 N–H and O–H groups in total. The van der Waals surface area contributed by atoms with Crippen molar-refractivity contribution >= 4 is 5.82 Å². The zero-order chi connectivity index (χ0) is 12.7. The number of fused-ring (bicyclic) bond motifs is 1. The molecule has 2 aromatic rings. The van der Waals surface area contributed by atoms with Crippen molar-refractivity contribution in [2.45, 2.75) is 20.3 Å². The Morgan fingerprint density at radius 1 is 1.17 bits per heavy atom. The molecule has 1 aliphatic rings. The van der Waals surface area contributed by atoms with Crippen molar-refractivity contribution in [1.82, 2.24) is 9.97 Å². The third kappa shape index (κ3) is 1.70. The van der Waals surface area contributed by atoms with Gasteiger partial charge in [0.1, 0.15) is 17.3 Å². The fourth-order valence-corrected chi connectivity index (χ4v) is 2.17. The molecule has 0 aliphatic carbocycles. The highest BCUT2D eigenvalue weighted by Crippen LogP contribution is 2.31.